The van der Waals surface area contributed by atoms with Crippen LogP contribution >= 0.6 is 12.2 Å². The van der Waals surface area contributed by atoms with Gasteiger partial charge in [-0.15, -0.1) is 0 Å². The highest BCUT2D eigenvalue weighted by Crippen LogP contribution is 2.22. The van der Waals surface area contributed by atoms with Crippen LogP contribution in [-0.4, -0.2) is 42.7 Å². The summed E-state index contributed by atoms with van der Waals surface area (Å²) in [6.45, 7) is 11.2. The molecule has 0 aromatic heterocycles. The van der Waals surface area contributed by atoms with Gasteiger partial charge in [-0.3, -0.25) is 0 Å². The first-order valence-electron chi connectivity index (χ1n) is 6.36. The van der Waals surface area contributed by atoms with Gasteiger partial charge in [-0.25, -0.2) is 0 Å². The van der Waals surface area contributed by atoms with Gasteiger partial charge in [-0.2, -0.15) is 0 Å². The Morgan fingerprint density at radius 2 is 1.94 bits per heavy atom. The van der Waals surface area contributed by atoms with Crippen LogP contribution in [0.2, 0.25) is 0 Å². The van der Waals surface area contributed by atoms with Crippen molar-refractivity contribution in [1.82, 2.24) is 4.90 Å². The standard InChI is InChI=1S/C13H28N2OS/c1-11(2)16-10-9-15(5)8-6-7-13(3,4)12(14)17/h11H,6-10H2,1-5H3,(H2,14,17). The highest BCUT2D eigenvalue weighted by Gasteiger charge is 2.20. The number of ether oxygens (including phenoxy) is 1. The molecule has 0 atom stereocenters. The predicted octanol–water partition coefficient (Wildman–Crippen LogP) is 2.44. The molecule has 3 nitrogen and oxygen atoms in total. The largest absolute Gasteiger partial charge is 0.393 e. The average molecular weight is 260 g/mol. The Balaban J connectivity index is 3.64. The van der Waals surface area contributed by atoms with E-state index in [-0.39, 0.29) is 5.41 Å². The molecule has 0 aliphatic heterocycles. The summed E-state index contributed by atoms with van der Waals surface area (Å²) in [4.78, 5) is 2.90. The van der Waals surface area contributed by atoms with Crippen LogP contribution in [0.25, 0.3) is 0 Å². The highest BCUT2D eigenvalue weighted by molar-refractivity contribution is 7.80. The van der Waals surface area contributed by atoms with Crippen molar-refractivity contribution in [1.29, 1.82) is 0 Å². The molecular weight excluding hydrogens is 232 g/mol. The minimum absolute atomic E-state index is 0.0232. The molecule has 0 heterocycles. The number of hydrogen-bond donors (Lipinski definition) is 1. The van der Waals surface area contributed by atoms with Gasteiger partial charge >= 0.3 is 0 Å². The molecule has 0 saturated heterocycles. The molecular formula is C13H28N2OS. The highest BCUT2D eigenvalue weighted by atomic mass is 32.1. The van der Waals surface area contributed by atoms with Crippen molar-refractivity contribution in [2.24, 2.45) is 11.1 Å². The van der Waals surface area contributed by atoms with Gasteiger partial charge in [0.25, 0.3) is 0 Å². The molecule has 0 aliphatic rings. The minimum Gasteiger partial charge on any atom is -0.393 e. The lowest BCUT2D eigenvalue weighted by molar-refractivity contribution is 0.0634. The van der Waals surface area contributed by atoms with E-state index in [1.165, 1.54) is 0 Å². The van der Waals surface area contributed by atoms with Gasteiger partial charge in [0.2, 0.25) is 0 Å². The van der Waals surface area contributed by atoms with Gasteiger partial charge in [0.05, 0.1) is 17.7 Å². The van der Waals surface area contributed by atoms with E-state index in [2.05, 4.69) is 39.6 Å². The van der Waals surface area contributed by atoms with Gasteiger partial charge in [-0.1, -0.05) is 26.1 Å². The van der Waals surface area contributed by atoms with Crippen LogP contribution in [0.15, 0.2) is 0 Å². The van der Waals surface area contributed by atoms with Crippen LogP contribution in [0.5, 0.6) is 0 Å². The zero-order valence-corrected chi connectivity index (χ0v) is 12.8. The number of nitrogens with zero attached hydrogens (tertiary/aromatic N) is 1. The minimum atomic E-state index is -0.0232. The molecule has 0 rings (SSSR count). The maximum atomic E-state index is 5.70. The van der Waals surface area contributed by atoms with Crippen LogP contribution in [0.4, 0.5) is 0 Å². The van der Waals surface area contributed by atoms with Gasteiger partial charge in [0.1, 0.15) is 0 Å². The molecule has 2 N–H and O–H groups in total. The SMILES string of the molecule is CC(C)OCCN(C)CCCC(C)(C)C(N)=S. The zero-order chi connectivity index (χ0) is 13.5. The lowest BCUT2D eigenvalue weighted by Crippen LogP contribution is -2.31. The van der Waals surface area contributed by atoms with Gasteiger partial charge < -0.3 is 15.4 Å². The van der Waals surface area contributed by atoms with Crippen molar-refractivity contribution in [2.45, 2.75) is 46.6 Å². The third-order valence-corrected chi connectivity index (χ3v) is 3.49. The Labute approximate surface area is 112 Å². The summed E-state index contributed by atoms with van der Waals surface area (Å²) in [6.07, 6.45) is 2.47. The molecule has 0 bridgehead atoms. The number of hydrogen-bond acceptors (Lipinski definition) is 3. The summed E-state index contributed by atoms with van der Waals surface area (Å²) < 4.78 is 5.52. The van der Waals surface area contributed by atoms with E-state index in [4.69, 9.17) is 22.7 Å². The molecule has 0 radical (unpaired) electrons. The fourth-order valence-corrected chi connectivity index (χ4v) is 1.57. The second kappa shape index (κ2) is 8.01. The lowest BCUT2D eigenvalue weighted by Gasteiger charge is -2.24. The van der Waals surface area contributed by atoms with Gasteiger partial charge in [0.15, 0.2) is 0 Å². The van der Waals surface area contributed by atoms with E-state index in [1.807, 2.05) is 0 Å². The summed E-state index contributed by atoms with van der Waals surface area (Å²) in [5, 5.41) is 0. The maximum absolute atomic E-state index is 5.70. The molecule has 0 aromatic rings. The van der Waals surface area contributed by atoms with Gasteiger partial charge in [-0.05, 0) is 40.3 Å². The monoisotopic (exact) mass is 260 g/mol. The van der Waals surface area contributed by atoms with Crippen LogP contribution in [0.1, 0.15) is 40.5 Å². The molecule has 0 unspecified atom stereocenters. The van der Waals surface area contributed by atoms with Crippen LogP contribution in [-0.2, 0) is 4.74 Å². The Hall–Kier alpha value is -0.190. The number of thiocarbonyl (C=S) groups is 1. The van der Waals surface area contributed by atoms with Crippen molar-refractivity contribution in [3.8, 4) is 0 Å². The van der Waals surface area contributed by atoms with E-state index in [0.29, 0.717) is 11.1 Å². The first-order valence-corrected chi connectivity index (χ1v) is 6.76. The summed E-state index contributed by atoms with van der Waals surface area (Å²) in [7, 11) is 2.12. The summed E-state index contributed by atoms with van der Waals surface area (Å²) in [5.41, 5.74) is 5.68. The van der Waals surface area contributed by atoms with Crippen molar-refractivity contribution in [2.75, 3.05) is 26.7 Å². The van der Waals surface area contributed by atoms with Crippen LogP contribution in [0.3, 0.4) is 0 Å². The normalized spacial score (nSPS) is 12.4. The average Bonchev–Trinajstić information content (AvgIpc) is 2.16. The fourth-order valence-electron chi connectivity index (χ4n) is 1.47. The predicted molar refractivity (Wildman–Crippen MR) is 78.4 cm³/mol. The van der Waals surface area contributed by atoms with E-state index >= 15 is 0 Å². The first-order chi connectivity index (χ1) is 7.75. The second-order valence-corrected chi connectivity index (χ2v) is 6.01. The van der Waals surface area contributed by atoms with Crippen molar-refractivity contribution >= 4 is 17.2 Å². The molecule has 0 fully saturated rings. The maximum Gasteiger partial charge on any atom is 0.0784 e. The molecule has 102 valence electrons. The van der Waals surface area contributed by atoms with E-state index in [0.717, 1.165) is 32.5 Å². The summed E-state index contributed by atoms with van der Waals surface area (Å²) >= 11 is 5.05. The van der Waals surface area contributed by atoms with Crippen LogP contribution in [0, 0.1) is 5.41 Å². The smallest absolute Gasteiger partial charge is 0.0784 e. The third-order valence-electron chi connectivity index (χ3n) is 2.93. The van der Waals surface area contributed by atoms with E-state index in [9.17, 15) is 0 Å². The zero-order valence-electron chi connectivity index (χ0n) is 12.0. The van der Waals surface area contributed by atoms with E-state index in [1.54, 1.807) is 0 Å². The van der Waals surface area contributed by atoms with Crippen molar-refractivity contribution in [3.63, 3.8) is 0 Å². The molecule has 0 aromatic carbocycles. The first kappa shape index (κ1) is 16.8. The molecule has 17 heavy (non-hydrogen) atoms. The second-order valence-electron chi connectivity index (χ2n) is 5.57. The molecule has 0 spiro atoms. The topological polar surface area (TPSA) is 38.5 Å². The Morgan fingerprint density at radius 1 is 1.35 bits per heavy atom. The summed E-state index contributed by atoms with van der Waals surface area (Å²) in [6, 6.07) is 0. The van der Waals surface area contributed by atoms with Crippen molar-refractivity contribution < 1.29 is 4.74 Å². The third kappa shape index (κ3) is 8.52. The number of likely N-dealkylation sites (N-methyl/N-ethyl adjacent to an activating group) is 1. The van der Waals surface area contributed by atoms with Crippen LogP contribution < -0.4 is 5.73 Å². The molecule has 4 heteroatoms. The molecule has 0 amide bonds. The van der Waals surface area contributed by atoms with Gasteiger partial charge in [0, 0.05) is 12.0 Å². The Bertz CT molecular complexity index is 229. The van der Waals surface area contributed by atoms with Crippen molar-refractivity contribution in [3.05, 3.63) is 0 Å². The number of nitrogens with two attached hydrogens (primary N) is 1. The quantitative estimate of drug-likeness (QED) is 0.646. The van der Waals surface area contributed by atoms with E-state index < -0.39 is 0 Å². The Morgan fingerprint density at radius 3 is 2.41 bits per heavy atom. The Kier molecular flexibility index (Phi) is 7.92. The summed E-state index contributed by atoms with van der Waals surface area (Å²) in [5.74, 6) is 0. The lowest BCUT2D eigenvalue weighted by atomic mass is 9.88. The number of rotatable bonds is 9. The molecule has 0 aliphatic carbocycles. The molecule has 0 saturated carbocycles. The fraction of sp³-hybridized carbons (Fsp3) is 0.923.